The summed E-state index contributed by atoms with van der Waals surface area (Å²) >= 11 is 0. The van der Waals surface area contributed by atoms with Crippen LogP contribution in [0.4, 0.5) is 5.69 Å². The van der Waals surface area contributed by atoms with Crippen LogP contribution in [0.3, 0.4) is 0 Å². The summed E-state index contributed by atoms with van der Waals surface area (Å²) in [4.78, 5) is 16.7. The molecular weight excluding hydrogens is 330 g/mol. The highest BCUT2D eigenvalue weighted by molar-refractivity contribution is 5.95. The molecule has 0 saturated heterocycles. The molecule has 1 saturated carbocycles. The van der Waals surface area contributed by atoms with E-state index in [1.165, 1.54) is 0 Å². The largest absolute Gasteiger partial charge is 0.434 e. The summed E-state index contributed by atoms with van der Waals surface area (Å²) in [5.41, 5.74) is 2.81. The number of rotatable bonds is 4. The van der Waals surface area contributed by atoms with Gasteiger partial charge in [-0.05, 0) is 37.1 Å². The van der Waals surface area contributed by atoms with Gasteiger partial charge in [0.05, 0.1) is 16.7 Å². The molecule has 26 heavy (non-hydrogen) atoms. The predicted octanol–water partition coefficient (Wildman–Crippen LogP) is 3.42. The molecule has 0 bridgehead atoms. The van der Waals surface area contributed by atoms with Crippen molar-refractivity contribution >= 4 is 28.3 Å². The average molecular weight is 345 g/mol. The highest BCUT2D eigenvalue weighted by Gasteiger charge is 2.30. The molecule has 0 atom stereocenters. The van der Waals surface area contributed by atoms with Crippen LogP contribution in [0.25, 0.3) is 16.7 Å². The van der Waals surface area contributed by atoms with Crippen molar-refractivity contribution in [3.8, 4) is 11.6 Å². The topological polar surface area (TPSA) is 81.4 Å². The molecule has 1 aliphatic rings. The number of nitrogens with zero attached hydrogens (tertiary/aromatic N) is 4. The van der Waals surface area contributed by atoms with Crippen LogP contribution >= 0.6 is 0 Å². The molecule has 7 nitrogen and oxygen atoms in total. The number of fused-ring (bicyclic) bond motifs is 3. The van der Waals surface area contributed by atoms with E-state index in [0.29, 0.717) is 23.0 Å². The second-order valence-corrected chi connectivity index (χ2v) is 6.29. The molecule has 0 radical (unpaired) electrons. The van der Waals surface area contributed by atoms with E-state index in [9.17, 15) is 4.79 Å². The van der Waals surface area contributed by atoms with Gasteiger partial charge < -0.3 is 10.1 Å². The van der Waals surface area contributed by atoms with E-state index >= 15 is 0 Å². The Kier molecular flexibility index (Phi) is 3.31. The van der Waals surface area contributed by atoms with Gasteiger partial charge in [-0.1, -0.05) is 24.3 Å². The molecule has 1 N–H and O–H groups in total. The Balaban J connectivity index is 1.57. The van der Waals surface area contributed by atoms with E-state index in [-0.39, 0.29) is 11.8 Å². The minimum absolute atomic E-state index is 0.0279. The monoisotopic (exact) mass is 345 g/mol. The Morgan fingerprint density at radius 3 is 2.81 bits per heavy atom. The maximum atomic E-state index is 12.1. The van der Waals surface area contributed by atoms with Crippen molar-refractivity contribution in [1.82, 2.24) is 19.6 Å². The Hall–Kier alpha value is -3.48. The molecule has 0 aliphatic heterocycles. The van der Waals surface area contributed by atoms with Crippen molar-refractivity contribution in [3.63, 3.8) is 0 Å². The SMILES string of the molecule is O=C(Nc1ccccc1Oc1nc2ccccc2n2cnnc12)C1CC1. The smallest absolute Gasteiger partial charge is 0.266 e. The number of aromatic nitrogens is 4. The van der Waals surface area contributed by atoms with Crippen LogP contribution in [0.5, 0.6) is 11.6 Å². The zero-order valence-corrected chi connectivity index (χ0v) is 13.8. The minimum Gasteiger partial charge on any atom is -0.434 e. The third kappa shape index (κ3) is 2.54. The molecule has 4 aromatic rings. The number of hydrogen-bond acceptors (Lipinski definition) is 5. The van der Waals surface area contributed by atoms with E-state index in [2.05, 4.69) is 20.5 Å². The van der Waals surface area contributed by atoms with Crippen molar-refractivity contribution in [3.05, 3.63) is 54.9 Å². The number of nitrogens with one attached hydrogen (secondary N) is 1. The highest BCUT2D eigenvalue weighted by Crippen LogP contribution is 2.34. The van der Waals surface area contributed by atoms with Crippen LogP contribution in [0, 0.1) is 5.92 Å². The van der Waals surface area contributed by atoms with Crippen LogP contribution in [-0.2, 0) is 4.79 Å². The third-order valence-corrected chi connectivity index (χ3v) is 4.40. The first-order valence-corrected chi connectivity index (χ1v) is 8.46. The average Bonchev–Trinajstić information content (AvgIpc) is 3.40. The number of hydrogen-bond donors (Lipinski definition) is 1. The fraction of sp³-hybridized carbons (Fsp3) is 0.158. The first-order chi connectivity index (χ1) is 12.8. The Bertz CT molecular complexity index is 1130. The fourth-order valence-electron chi connectivity index (χ4n) is 2.89. The quantitative estimate of drug-likeness (QED) is 0.613. The van der Waals surface area contributed by atoms with Gasteiger partial charge in [-0.15, -0.1) is 10.2 Å². The number of anilines is 1. The predicted molar refractivity (Wildman–Crippen MR) is 96.2 cm³/mol. The van der Waals surface area contributed by atoms with Gasteiger partial charge in [0, 0.05) is 5.92 Å². The molecule has 2 aromatic heterocycles. The number of benzene rings is 2. The zero-order valence-electron chi connectivity index (χ0n) is 13.8. The van der Waals surface area contributed by atoms with E-state index in [1.54, 1.807) is 12.4 Å². The molecule has 5 rings (SSSR count). The molecule has 2 heterocycles. The summed E-state index contributed by atoms with van der Waals surface area (Å²) in [6.45, 7) is 0. The summed E-state index contributed by atoms with van der Waals surface area (Å²) in [6.07, 6.45) is 3.52. The first-order valence-electron chi connectivity index (χ1n) is 8.46. The molecule has 1 aliphatic carbocycles. The van der Waals surface area contributed by atoms with Gasteiger partial charge in [-0.3, -0.25) is 9.20 Å². The van der Waals surface area contributed by atoms with Gasteiger partial charge >= 0.3 is 0 Å². The molecule has 128 valence electrons. The zero-order chi connectivity index (χ0) is 17.5. The first kappa shape index (κ1) is 14.8. The van der Waals surface area contributed by atoms with E-state index in [4.69, 9.17) is 4.74 Å². The molecule has 7 heteroatoms. The van der Waals surface area contributed by atoms with Gasteiger partial charge in [-0.25, -0.2) is 4.98 Å². The summed E-state index contributed by atoms with van der Waals surface area (Å²) in [7, 11) is 0. The second-order valence-electron chi connectivity index (χ2n) is 6.29. The van der Waals surface area contributed by atoms with Crippen molar-refractivity contribution < 1.29 is 9.53 Å². The third-order valence-electron chi connectivity index (χ3n) is 4.40. The van der Waals surface area contributed by atoms with Crippen LogP contribution in [0.2, 0.25) is 0 Å². The number of carbonyl (C=O) groups is 1. The Morgan fingerprint density at radius 2 is 1.92 bits per heavy atom. The molecule has 0 spiro atoms. The van der Waals surface area contributed by atoms with Gasteiger partial charge in [-0.2, -0.15) is 0 Å². The maximum Gasteiger partial charge on any atom is 0.266 e. The van der Waals surface area contributed by atoms with Gasteiger partial charge in [0.2, 0.25) is 11.6 Å². The summed E-state index contributed by atoms with van der Waals surface area (Å²) in [5, 5.41) is 11.0. The lowest BCUT2D eigenvalue weighted by atomic mass is 10.2. The van der Waals surface area contributed by atoms with Crippen molar-refractivity contribution in [1.29, 1.82) is 0 Å². The molecule has 1 fully saturated rings. The van der Waals surface area contributed by atoms with Crippen LogP contribution in [0.1, 0.15) is 12.8 Å². The van der Waals surface area contributed by atoms with Crippen LogP contribution < -0.4 is 10.1 Å². The van der Waals surface area contributed by atoms with E-state index in [0.717, 1.165) is 23.9 Å². The lowest BCUT2D eigenvalue weighted by Crippen LogP contribution is -2.13. The fourth-order valence-corrected chi connectivity index (χ4v) is 2.89. The summed E-state index contributed by atoms with van der Waals surface area (Å²) in [5.74, 6) is 1.01. The van der Waals surface area contributed by atoms with Crippen molar-refractivity contribution in [2.75, 3.05) is 5.32 Å². The standard InChI is InChI=1S/C19H15N5O2/c25-18(12-9-10-12)21-14-6-2-4-8-16(14)26-19-17-23-20-11-24(17)15-7-3-1-5-13(15)22-19/h1-8,11-12H,9-10H2,(H,21,25). The van der Waals surface area contributed by atoms with Crippen LogP contribution in [-0.4, -0.2) is 25.5 Å². The number of ether oxygens (including phenoxy) is 1. The van der Waals surface area contributed by atoms with Crippen molar-refractivity contribution in [2.45, 2.75) is 12.8 Å². The molecule has 1 amide bonds. The number of para-hydroxylation sites is 4. The minimum atomic E-state index is 0.0279. The normalized spacial score (nSPS) is 13.8. The van der Waals surface area contributed by atoms with E-state index < -0.39 is 0 Å². The molecule has 0 unspecified atom stereocenters. The van der Waals surface area contributed by atoms with Gasteiger partial charge in [0.1, 0.15) is 6.33 Å². The van der Waals surface area contributed by atoms with Gasteiger partial charge in [0.25, 0.3) is 5.88 Å². The second kappa shape index (κ2) is 5.80. The van der Waals surface area contributed by atoms with Crippen molar-refractivity contribution in [2.24, 2.45) is 5.92 Å². The summed E-state index contributed by atoms with van der Waals surface area (Å²) in [6, 6.07) is 15.0. The molecular formula is C19H15N5O2. The van der Waals surface area contributed by atoms with Gasteiger partial charge in [0.15, 0.2) is 5.75 Å². The summed E-state index contributed by atoms with van der Waals surface area (Å²) < 4.78 is 7.88. The van der Waals surface area contributed by atoms with E-state index in [1.807, 2.05) is 46.9 Å². The molecule has 2 aromatic carbocycles. The Morgan fingerprint density at radius 1 is 1.12 bits per heavy atom. The highest BCUT2D eigenvalue weighted by atomic mass is 16.5. The van der Waals surface area contributed by atoms with Crippen LogP contribution in [0.15, 0.2) is 54.9 Å². The number of carbonyl (C=O) groups excluding carboxylic acids is 1. The lowest BCUT2D eigenvalue weighted by Gasteiger charge is -2.12. The number of amides is 1. The maximum absolute atomic E-state index is 12.1. The Labute approximate surface area is 148 Å². The lowest BCUT2D eigenvalue weighted by molar-refractivity contribution is -0.117.